The zero-order valence-corrected chi connectivity index (χ0v) is 11.8. The van der Waals surface area contributed by atoms with Gasteiger partial charge in [0.2, 0.25) is 0 Å². The van der Waals surface area contributed by atoms with Crippen LogP contribution in [0.4, 0.5) is 0 Å². The van der Waals surface area contributed by atoms with E-state index in [-0.39, 0.29) is 0 Å². The van der Waals surface area contributed by atoms with E-state index in [1.807, 2.05) is 11.3 Å². The van der Waals surface area contributed by atoms with Gasteiger partial charge in [-0.1, -0.05) is 6.07 Å². The maximum absolute atomic E-state index is 3.44. The van der Waals surface area contributed by atoms with Crippen molar-refractivity contribution in [3.05, 3.63) is 22.4 Å². The zero-order chi connectivity index (χ0) is 12.1. The van der Waals surface area contributed by atoms with Crippen LogP contribution in [0.25, 0.3) is 0 Å². The minimum Gasteiger partial charge on any atom is -0.317 e. The highest BCUT2D eigenvalue weighted by Crippen LogP contribution is 2.17. The molecule has 17 heavy (non-hydrogen) atoms. The molecule has 1 aliphatic rings. The van der Waals surface area contributed by atoms with Crippen LogP contribution in [-0.2, 0) is 6.42 Å². The lowest BCUT2D eigenvalue weighted by Crippen LogP contribution is -2.38. The van der Waals surface area contributed by atoms with E-state index in [0.29, 0.717) is 6.04 Å². The van der Waals surface area contributed by atoms with E-state index in [1.54, 1.807) is 0 Å². The normalized spacial score (nSPS) is 19.7. The SMILES string of the molecule is CC(Cc1cccs1)N(C)CC1CCNCC1. The molecule has 2 rings (SSSR count). The lowest BCUT2D eigenvalue weighted by molar-refractivity contribution is 0.195. The Morgan fingerprint density at radius 1 is 1.47 bits per heavy atom. The predicted octanol–water partition coefficient (Wildman–Crippen LogP) is 2.61. The first-order chi connectivity index (χ1) is 8.25. The number of rotatable bonds is 5. The fraction of sp³-hybridized carbons (Fsp3) is 0.714. The zero-order valence-electron chi connectivity index (χ0n) is 11.0. The second-order valence-corrected chi connectivity index (χ2v) is 6.30. The molecule has 1 aliphatic heterocycles. The minimum atomic E-state index is 0.656. The van der Waals surface area contributed by atoms with E-state index >= 15 is 0 Å². The van der Waals surface area contributed by atoms with Crippen LogP contribution in [0.1, 0.15) is 24.6 Å². The maximum Gasteiger partial charge on any atom is 0.0112 e. The fourth-order valence-corrected chi connectivity index (χ4v) is 3.35. The molecule has 1 fully saturated rings. The summed E-state index contributed by atoms with van der Waals surface area (Å²) in [6, 6.07) is 5.06. The van der Waals surface area contributed by atoms with Crippen LogP contribution < -0.4 is 5.32 Å². The van der Waals surface area contributed by atoms with Crippen molar-refractivity contribution >= 4 is 11.3 Å². The minimum absolute atomic E-state index is 0.656. The Kier molecular flexibility index (Phi) is 5.01. The Hall–Kier alpha value is -0.380. The second kappa shape index (κ2) is 6.53. The molecule has 1 aromatic heterocycles. The van der Waals surface area contributed by atoms with Crippen LogP contribution in [0.5, 0.6) is 0 Å². The van der Waals surface area contributed by atoms with Crippen LogP contribution in [-0.4, -0.2) is 37.6 Å². The standard InChI is InChI=1S/C14H24N2S/c1-12(10-14-4-3-9-17-14)16(2)11-13-5-7-15-8-6-13/h3-4,9,12-13,15H,5-8,10-11H2,1-2H3. The molecular weight excluding hydrogens is 228 g/mol. The first-order valence-corrected chi connectivity index (χ1v) is 7.57. The van der Waals surface area contributed by atoms with Gasteiger partial charge in [-0.25, -0.2) is 0 Å². The van der Waals surface area contributed by atoms with Crippen LogP contribution in [0.3, 0.4) is 0 Å². The summed E-state index contributed by atoms with van der Waals surface area (Å²) in [5.41, 5.74) is 0. The smallest absolute Gasteiger partial charge is 0.0112 e. The molecule has 2 heterocycles. The highest BCUT2D eigenvalue weighted by atomic mass is 32.1. The Morgan fingerprint density at radius 2 is 2.24 bits per heavy atom. The van der Waals surface area contributed by atoms with Gasteiger partial charge in [-0.15, -0.1) is 11.3 Å². The molecule has 0 aliphatic carbocycles. The summed E-state index contributed by atoms with van der Waals surface area (Å²) in [5, 5.41) is 5.61. The number of likely N-dealkylation sites (N-methyl/N-ethyl adjacent to an activating group) is 1. The molecule has 1 saturated heterocycles. The van der Waals surface area contributed by atoms with E-state index in [4.69, 9.17) is 0 Å². The summed E-state index contributed by atoms with van der Waals surface area (Å²) >= 11 is 1.88. The molecular formula is C14H24N2S. The molecule has 1 N–H and O–H groups in total. The average molecular weight is 252 g/mol. The van der Waals surface area contributed by atoms with Gasteiger partial charge in [0.05, 0.1) is 0 Å². The predicted molar refractivity (Wildman–Crippen MR) is 75.7 cm³/mol. The molecule has 0 bridgehead atoms. The van der Waals surface area contributed by atoms with E-state index in [0.717, 1.165) is 5.92 Å². The number of nitrogens with zero attached hydrogens (tertiary/aromatic N) is 1. The van der Waals surface area contributed by atoms with Crippen molar-refractivity contribution in [1.82, 2.24) is 10.2 Å². The Bertz CT molecular complexity index is 304. The lowest BCUT2D eigenvalue weighted by Gasteiger charge is -2.31. The van der Waals surface area contributed by atoms with Crippen molar-refractivity contribution < 1.29 is 0 Å². The molecule has 0 amide bonds. The summed E-state index contributed by atoms with van der Waals surface area (Å²) in [7, 11) is 2.28. The van der Waals surface area contributed by atoms with Crippen LogP contribution >= 0.6 is 11.3 Å². The highest BCUT2D eigenvalue weighted by molar-refractivity contribution is 7.09. The van der Waals surface area contributed by atoms with E-state index in [2.05, 4.69) is 41.7 Å². The monoisotopic (exact) mass is 252 g/mol. The van der Waals surface area contributed by atoms with Gasteiger partial charge in [-0.05, 0) is 63.7 Å². The Balaban J connectivity index is 1.76. The Morgan fingerprint density at radius 3 is 2.88 bits per heavy atom. The van der Waals surface area contributed by atoms with Crippen LogP contribution in [0, 0.1) is 5.92 Å². The van der Waals surface area contributed by atoms with Crippen molar-refractivity contribution in [2.45, 2.75) is 32.2 Å². The van der Waals surface area contributed by atoms with Gasteiger partial charge in [-0.2, -0.15) is 0 Å². The maximum atomic E-state index is 3.44. The molecule has 3 heteroatoms. The molecule has 1 aromatic rings. The second-order valence-electron chi connectivity index (χ2n) is 5.27. The van der Waals surface area contributed by atoms with Gasteiger partial charge < -0.3 is 10.2 Å². The number of piperidine rings is 1. The quantitative estimate of drug-likeness (QED) is 0.866. The molecule has 1 atom stereocenters. The highest BCUT2D eigenvalue weighted by Gasteiger charge is 2.18. The summed E-state index contributed by atoms with van der Waals surface area (Å²) in [4.78, 5) is 4.05. The summed E-state index contributed by atoms with van der Waals surface area (Å²) in [6.07, 6.45) is 3.88. The van der Waals surface area contributed by atoms with Crippen molar-refractivity contribution in [2.24, 2.45) is 5.92 Å². The fourth-order valence-electron chi connectivity index (χ4n) is 2.53. The van der Waals surface area contributed by atoms with Crippen LogP contribution in [0.2, 0.25) is 0 Å². The van der Waals surface area contributed by atoms with Gasteiger partial charge in [0, 0.05) is 17.5 Å². The first kappa shape index (κ1) is 13.1. The van der Waals surface area contributed by atoms with Gasteiger partial charge >= 0.3 is 0 Å². The first-order valence-electron chi connectivity index (χ1n) is 6.69. The molecule has 1 unspecified atom stereocenters. The molecule has 0 radical (unpaired) electrons. The number of hydrogen-bond acceptors (Lipinski definition) is 3. The van der Waals surface area contributed by atoms with Gasteiger partial charge in [0.1, 0.15) is 0 Å². The van der Waals surface area contributed by atoms with Gasteiger partial charge in [-0.3, -0.25) is 0 Å². The third-order valence-corrected chi connectivity index (χ3v) is 4.73. The van der Waals surface area contributed by atoms with E-state index in [1.165, 1.54) is 43.8 Å². The van der Waals surface area contributed by atoms with Gasteiger partial charge in [0.25, 0.3) is 0 Å². The van der Waals surface area contributed by atoms with Crippen LogP contribution in [0.15, 0.2) is 17.5 Å². The van der Waals surface area contributed by atoms with Crippen molar-refractivity contribution in [3.8, 4) is 0 Å². The molecule has 0 saturated carbocycles. The van der Waals surface area contributed by atoms with E-state index < -0.39 is 0 Å². The van der Waals surface area contributed by atoms with E-state index in [9.17, 15) is 0 Å². The molecule has 0 aromatic carbocycles. The lowest BCUT2D eigenvalue weighted by atomic mass is 9.97. The van der Waals surface area contributed by atoms with Gasteiger partial charge in [0.15, 0.2) is 0 Å². The summed E-state index contributed by atoms with van der Waals surface area (Å²) < 4.78 is 0. The number of thiophene rings is 1. The largest absolute Gasteiger partial charge is 0.317 e. The summed E-state index contributed by atoms with van der Waals surface area (Å²) in [6.45, 7) is 6.02. The molecule has 96 valence electrons. The molecule has 2 nitrogen and oxygen atoms in total. The number of hydrogen-bond donors (Lipinski definition) is 1. The topological polar surface area (TPSA) is 15.3 Å². The Labute approximate surface area is 109 Å². The van der Waals surface area contributed by atoms with Crippen molar-refractivity contribution in [1.29, 1.82) is 0 Å². The summed E-state index contributed by atoms with van der Waals surface area (Å²) in [5.74, 6) is 0.895. The molecule has 0 spiro atoms. The third-order valence-electron chi connectivity index (χ3n) is 3.83. The van der Waals surface area contributed by atoms with Crippen molar-refractivity contribution in [2.75, 3.05) is 26.7 Å². The third kappa shape index (κ3) is 4.09. The van der Waals surface area contributed by atoms with Crippen molar-refractivity contribution in [3.63, 3.8) is 0 Å². The average Bonchev–Trinajstić information content (AvgIpc) is 2.83. The number of nitrogens with one attached hydrogen (secondary N) is 1.